The van der Waals surface area contributed by atoms with Crippen molar-refractivity contribution in [1.82, 2.24) is 10.2 Å². The number of allylic oxidation sites excluding steroid dienone is 2. The van der Waals surface area contributed by atoms with Gasteiger partial charge < -0.3 is 20.4 Å². The number of benzene rings is 3. The predicted octanol–water partition coefficient (Wildman–Crippen LogP) is 10.8. The number of nitrogens with zero attached hydrogens (tertiary/aromatic N) is 1. The maximum Gasteiger partial charge on any atom is 0.416 e. The summed E-state index contributed by atoms with van der Waals surface area (Å²) in [6.07, 6.45) is 3.87. The number of aliphatic hydroxyl groups excluding tert-OH is 1. The molecule has 6 nitrogen and oxygen atoms in total. The number of carbonyl (C=O) groups excluding carboxylic acids is 2. The fourth-order valence-electron chi connectivity index (χ4n) is 11.3. The first-order chi connectivity index (χ1) is 27.4. The number of rotatable bonds is 8. The van der Waals surface area contributed by atoms with Gasteiger partial charge in [-0.05, 0) is 142 Å². The topological polar surface area (TPSA) is 89.9 Å². The second-order valence-corrected chi connectivity index (χ2v) is 19.0. The van der Waals surface area contributed by atoms with E-state index in [1.165, 1.54) is 18.6 Å². The van der Waals surface area contributed by atoms with E-state index >= 15 is 0 Å². The summed E-state index contributed by atoms with van der Waals surface area (Å²) in [5.41, 5.74) is 0.932. The first-order valence-electron chi connectivity index (χ1n) is 21.4. The number of amides is 2. The minimum atomic E-state index is -4.62. The van der Waals surface area contributed by atoms with E-state index in [1.807, 2.05) is 54.3 Å². The number of alkyl halides is 3. The van der Waals surface area contributed by atoms with Crippen LogP contribution in [0.1, 0.15) is 143 Å². The van der Waals surface area contributed by atoms with Crippen molar-refractivity contribution < 1.29 is 33.0 Å². The van der Waals surface area contributed by atoms with Gasteiger partial charge in [0.15, 0.2) is 5.78 Å². The lowest BCUT2D eigenvalue weighted by molar-refractivity contribution is -0.137. The largest absolute Gasteiger partial charge is 0.416 e. The lowest BCUT2D eigenvalue weighted by Crippen LogP contribution is -2.59. The lowest BCUT2D eigenvalue weighted by atomic mass is 9.45. The van der Waals surface area contributed by atoms with E-state index < -0.39 is 34.6 Å². The van der Waals surface area contributed by atoms with Crippen LogP contribution in [0.25, 0.3) is 0 Å². The normalized spacial score (nSPS) is 30.0. The molecule has 3 N–H and O–H groups in total. The molecule has 0 heterocycles. The molecular formula is C49H61F3N2O4. The van der Waals surface area contributed by atoms with Crippen LogP contribution in [-0.4, -0.2) is 51.7 Å². The molecule has 312 valence electrons. The van der Waals surface area contributed by atoms with Crippen molar-refractivity contribution in [3.8, 4) is 0 Å². The Bertz CT molecular complexity index is 2010. The van der Waals surface area contributed by atoms with Crippen molar-refractivity contribution >= 4 is 11.8 Å². The van der Waals surface area contributed by atoms with E-state index in [0.717, 1.165) is 41.7 Å². The average molecular weight is 799 g/mol. The molecule has 0 spiro atoms. The van der Waals surface area contributed by atoms with Gasteiger partial charge >= 0.3 is 12.2 Å². The Hall–Kier alpha value is -3.95. The van der Waals surface area contributed by atoms with Crippen LogP contribution < -0.4 is 5.32 Å². The van der Waals surface area contributed by atoms with Crippen LogP contribution in [0.4, 0.5) is 18.0 Å². The van der Waals surface area contributed by atoms with Gasteiger partial charge in [0.05, 0.1) is 29.9 Å². The van der Waals surface area contributed by atoms with Gasteiger partial charge in [0.2, 0.25) is 0 Å². The molecular weight excluding hydrogens is 738 g/mol. The summed E-state index contributed by atoms with van der Waals surface area (Å²) in [6, 6.07) is 19.5. The SMILES string of the molecule is CC1=CCC[C@@]2(C)[C@@H](CC[C@@]2(O)CN(C[C@@H]2CC[C@H]3C[C@@H]2C3(C)C)C(=O)N[C@H](C)c2ccccc2)c2ccc(cc2C(=O)c2cccc(C(F)(F)F)c2)C[C@@H](O)CC1. The quantitative estimate of drug-likeness (QED) is 0.156. The highest BCUT2D eigenvalue weighted by molar-refractivity contribution is 6.10. The highest BCUT2D eigenvalue weighted by Crippen LogP contribution is 2.62. The third-order valence-electron chi connectivity index (χ3n) is 15.2. The number of urea groups is 1. The van der Waals surface area contributed by atoms with Crippen molar-refractivity contribution in [2.45, 2.75) is 129 Å². The number of fused-ring (bicyclic) bond motifs is 10. The van der Waals surface area contributed by atoms with Crippen LogP contribution in [0.2, 0.25) is 0 Å². The van der Waals surface area contributed by atoms with E-state index in [9.17, 15) is 33.0 Å². The number of nitrogens with one attached hydrogen (secondary N) is 1. The highest BCUT2D eigenvalue weighted by atomic mass is 19.4. The van der Waals surface area contributed by atoms with Crippen molar-refractivity contribution in [3.63, 3.8) is 0 Å². The van der Waals surface area contributed by atoms with Gasteiger partial charge in [0.1, 0.15) is 0 Å². The number of ketones is 1. The summed E-state index contributed by atoms with van der Waals surface area (Å²) in [5.74, 6) is 0.648. The summed E-state index contributed by atoms with van der Waals surface area (Å²) in [6.45, 7) is 11.5. The molecule has 0 aliphatic heterocycles. The molecule has 9 rings (SSSR count). The standard InChI is InChI=1S/C49H61F3N2O4/c1-31-11-10-23-47(5)42(40-21-17-33(25-39(55)20-16-31)26-41(40)44(56)35-14-9-15-38(27-35)49(50,51)52)22-24-48(47,58)30-54(29-36-18-19-37-28-43(36)46(37,3)4)45(57)53-32(2)34-12-7-6-8-13-34/h6-9,11-15,17,21,26-27,32,36-37,39,42-43,55,58H,10,16,18-20,22-25,28-30H2,1-5H3,(H,53,57)/t32-,36+,37+,39+,42+,43+,47+,48-/m1/s1. The summed E-state index contributed by atoms with van der Waals surface area (Å²) < 4.78 is 41.6. The van der Waals surface area contributed by atoms with Gasteiger partial charge in [0, 0.05) is 23.1 Å². The molecule has 0 radical (unpaired) electrons. The summed E-state index contributed by atoms with van der Waals surface area (Å²) >= 11 is 0. The molecule has 4 saturated carbocycles. The zero-order valence-corrected chi connectivity index (χ0v) is 34.7. The number of hydrogen-bond acceptors (Lipinski definition) is 4. The summed E-state index contributed by atoms with van der Waals surface area (Å²) in [7, 11) is 0. The Balaban J connectivity index is 1.28. The van der Waals surface area contributed by atoms with E-state index in [4.69, 9.17) is 0 Å². The molecule has 6 aliphatic rings. The molecule has 0 saturated heterocycles. The first-order valence-corrected chi connectivity index (χ1v) is 21.4. The van der Waals surface area contributed by atoms with Crippen LogP contribution >= 0.6 is 0 Å². The minimum absolute atomic E-state index is 0.0626. The Morgan fingerprint density at radius 3 is 2.41 bits per heavy atom. The monoisotopic (exact) mass is 798 g/mol. The fourth-order valence-corrected chi connectivity index (χ4v) is 11.3. The van der Waals surface area contributed by atoms with Crippen molar-refractivity contribution in [2.75, 3.05) is 13.1 Å². The van der Waals surface area contributed by atoms with Gasteiger partial charge in [0.25, 0.3) is 0 Å². The number of halogens is 3. The molecule has 0 unspecified atom stereocenters. The Kier molecular flexibility index (Phi) is 11.8. The van der Waals surface area contributed by atoms with Gasteiger partial charge in [-0.15, -0.1) is 0 Å². The second kappa shape index (κ2) is 16.2. The molecule has 4 bridgehead atoms. The van der Waals surface area contributed by atoms with Crippen molar-refractivity contribution in [1.29, 1.82) is 0 Å². The summed E-state index contributed by atoms with van der Waals surface area (Å²) in [4.78, 5) is 30.9. The van der Waals surface area contributed by atoms with Gasteiger partial charge in [-0.3, -0.25) is 4.79 Å². The zero-order valence-electron chi connectivity index (χ0n) is 34.7. The lowest BCUT2D eigenvalue weighted by Gasteiger charge is -2.60. The van der Waals surface area contributed by atoms with E-state index in [0.29, 0.717) is 80.4 Å². The molecule has 8 atom stereocenters. The predicted molar refractivity (Wildman–Crippen MR) is 221 cm³/mol. The van der Waals surface area contributed by atoms with Gasteiger partial charge in [-0.2, -0.15) is 13.2 Å². The smallest absolute Gasteiger partial charge is 0.393 e. The molecule has 6 aliphatic carbocycles. The number of aliphatic hydroxyl groups is 2. The average Bonchev–Trinajstić information content (AvgIpc) is 3.44. The highest BCUT2D eigenvalue weighted by Gasteiger charge is 2.59. The molecule has 2 amide bonds. The molecule has 9 heteroatoms. The van der Waals surface area contributed by atoms with E-state index in [-0.39, 0.29) is 35.5 Å². The van der Waals surface area contributed by atoms with E-state index in [1.54, 1.807) is 6.07 Å². The van der Waals surface area contributed by atoms with Gasteiger partial charge in [-0.1, -0.05) is 87.0 Å². The Morgan fingerprint density at radius 2 is 1.71 bits per heavy atom. The molecule has 4 fully saturated rings. The van der Waals surface area contributed by atoms with Crippen LogP contribution in [0.15, 0.2) is 84.4 Å². The van der Waals surface area contributed by atoms with Crippen molar-refractivity contribution in [2.24, 2.45) is 28.6 Å². The minimum Gasteiger partial charge on any atom is -0.393 e. The van der Waals surface area contributed by atoms with Crippen LogP contribution in [-0.2, 0) is 12.6 Å². The third-order valence-corrected chi connectivity index (χ3v) is 15.2. The van der Waals surface area contributed by atoms with Gasteiger partial charge in [-0.25, -0.2) is 4.79 Å². The maximum atomic E-state index is 14.6. The second-order valence-electron chi connectivity index (χ2n) is 19.0. The molecule has 3 aromatic carbocycles. The van der Waals surface area contributed by atoms with Crippen LogP contribution in [0.3, 0.4) is 0 Å². The molecule has 3 aromatic rings. The Morgan fingerprint density at radius 1 is 0.948 bits per heavy atom. The van der Waals surface area contributed by atoms with Crippen molar-refractivity contribution in [3.05, 3.63) is 118 Å². The summed E-state index contributed by atoms with van der Waals surface area (Å²) in [5, 5.41) is 27.5. The molecule has 58 heavy (non-hydrogen) atoms. The Labute approximate surface area is 342 Å². The third kappa shape index (κ3) is 8.27. The maximum absolute atomic E-state index is 14.6. The number of hydrogen-bond donors (Lipinski definition) is 3. The van der Waals surface area contributed by atoms with E-state index in [2.05, 4.69) is 39.1 Å². The fraction of sp³-hybridized carbons (Fsp3) is 0.551. The number of carbonyl (C=O) groups is 2. The molecule has 0 aromatic heterocycles. The zero-order chi connectivity index (χ0) is 41.6. The van der Waals surface area contributed by atoms with Crippen LogP contribution in [0.5, 0.6) is 0 Å². The first kappa shape index (κ1) is 42.2. The van der Waals surface area contributed by atoms with Crippen LogP contribution in [0, 0.1) is 28.6 Å².